The Kier molecular flexibility index (Phi) is 5.53. The number of rotatable bonds is 4. The van der Waals surface area contributed by atoms with Gasteiger partial charge in [-0.05, 0) is 31.9 Å². The Morgan fingerprint density at radius 1 is 1.08 bits per heavy atom. The maximum absolute atomic E-state index is 12.7. The number of sulfonamides is 1. The lowest BCUT2D eigenvalue weighted by molar-refractivity contribution is 0.0443. The van der Waals surface area contributed by atoms with E-state index in [0.29, 0.717) is 25.6 Å². The molecule has 2 aliphatic rings. The van der Waals surface area contributed by atoms with E-state index in [-0.39, 0.29) is 4.90 Å². The fourth-order valence-electron chi connectivity index (χ4n) is 3.02. The van der Waals surface area contributed by atoms with Crippen molar-refractivity contribution < 1.29 is 13.2 Å². The molecule has 7 heteroatoms. The quantitative estimate of drug-likeness (QED) is 0.608. The Hall–Kier alpha value is -1.44. The van der Waals surface area contributed by atoms with Crippen LogP contribution in [0.4, 0.5) is 0 Å². The SMILES string of the molecule is Cc1ccc(S(=O)(=O)/N=C(\CN2CCOCC2)N2CCCC2)cc1. The molecule has 3 rings (SSSR count). The summed E-state index contributed by atoms with van der Waals surface area (Å²) in [7, 11) is -3.68. The number of benzene rings is 1. The predicted octanol–water partition coefficient (Wildman–Crippen LogP) is 1.51. The second kappa shape index (κ2) is 7.63. The molecule has 2 heterocycles. The molecule has 24 heavy (non-hydrogen) atoms. The van der Waals surface area contributed by atoms with Crippen LogP contribution in [0.2, 0.25) is 0 Å². The van der Waals surface area contributed by atoms with Crippen LogP contribution in [0.15, 0.2) is 33.6 Å². The largest absolute Gasteiger partial charge is 0.379 e. The molecule has 0 N–H and O–H groups in total. The standard InChI is InChI=1S/C17H25N3O3S/c1-15-4-6-16(7-5-15)24(21,22)18-17(20-8-2-3-9-20)14-19-10-12-23-13-11-19/h4-7H,2-3,8-14H2,1H3/b18-17+. The maximum atomic E-state index is 12.7. The van der Waals surface area contributed by atoms with Crippen molar-refractivity contribution >= 4 is 15.9 Å². The number of hydrogen-bond acceptors (Lipinski definition) is 4. The third kappa shape index (κ3) is 4.34. The van der Waals surface area contributed by atoms with Gasteiger partial charge in [-0.3, -0.25) is 4.90 Å². The topological polar surface area (TPSA) is 62.2 Å². The minimum absolute atomic E-state index is 0.256. The van der Waals surface area contributed by atoms with Gasteiger partial charge < -0.3 is 9.64 Å². The molecule has 0 atom stereocenters. The molecular weight excluding hydrogens is 326 g/mol. The molecule has 0 aromatic heterocycles. The Morgan fingerprint density at radius 3 is 2.33 bits per heavy atom. The highest BCUT2D eigenvalue weighted by atomic mass is 32.2. The van der Waals surface area contributed by atoms with E-state index in [2.05, 4.69) is 14.2 Å². The second-order valence-electron chi connectivity index (χ2n) is 6.38. The molecule has 6 nitrogen and oxygen atoms in total. The van der Waals surface area contributed by atoms with E-state index >= 15 is 0 Å². The summed E-state index contributed by atoms with van der Waals surface area (Å²) in [4.78, 5) is 4.58. The first-order chi connectivity index (χ1) is 11.5. The minimum Gasteiger partial charge on any atom is -0.379 e. The lowest BCUT2D eigenvalue weighted by atomic mass is 10.2. The van der Waals surface area contributed by atoms with Crippen molar-refractivity contribution in [3.8, 4) is 0 Å². The minimum atomic E-state index is -3.68. The van der Waals surface area contributed by atoms with Crippen molar-refractivity contribution in [2.45, 2.75) is 24.7 Å². The van der Waals surface area contributed by atoms with Crippen LogP contribution in [0.1, 0.15) is 18.4 Å². The summed E-state index contributed by atoms with van der Waals surface area (Å²) in [6, 6.07) is 6.87. The molecule has 132 valence electrons. The van der Waals surface area contributed by atoms with Crippen molar-refractivity contribution in [3.05, 3.63) is 29.8 Å². The molecule has 0 radical (unpaired) electrons. The van der Waals surface area contributed by atoms with Gasteiger partial charge in [-0.15, -0.1) is 4.40 Å². The first-order valence-electron chi connectivity index (χ1n) is 8.50. The summed E-state index contributed by atoms with van der Waals surface area (Å²) in [5.41, 5.74) is 1.03. The third-order valence-corrected chi connectivity index (χ3v) is 5.80. The summed E-state index contributed by atoms with van der Waals surface area (Å²) in [6.07, 6.45) is 2.18. The molecule has 0 bridgehead atoms. The Balaban J connectivity index is 1.85. The van der Waals surface area contributed by atoms with Crippen LogP contribution in [0.5, 0.6) is 0 Å². The van der Waals surface area contributed by atoms with E-state index in [1.807, 2.05) is 6.92 Å². The third-order valence-electron chi connectivity index (χ3n) is 4.48. The fraction of sp³-hybridized carbons (Fsp3) is 0.588. The molecule has 2 fully saturated rings. The smallest absolute Gasteiger partial charge is 0.283 e. The zero-order chi connectivity index (χ0) is 17.0. The number of likely N-dealkylation sites (tertiary alicyclic amines) is 1. The highest BCUT2D eigenvalue weighted by Gasteiger charge is 2.23. The maximum Gasteiger partial charge on any atom is 0.283 e. The Morgan fingerprint density at radius 2 is 1.71 bits per heavy atom. The average Bonchev–Trinajstić information content (AvgIpc) is 3.10. The van der Waals surface area contributed by atoms with E-state index < -0.39 is 10.0 Å². The van der Waals surface area contributed by atoms with Crippen molar-refractivity contribution in [2.24, 2.45) is 4.40 Å². The molecular formula is C17H25N3O3S. The van der Waals surface area contributed by atoms with Gasteiger partial charge in [0.25, 0.3) is 10.0 Å². The molecule has 0 saturated carbocycles. The zero-order valence-corrected chi connectivity index (χ0v) is 15.0. The van der Waals surface area contributed by atoms with Crippen molar-refractivity contribution in [2.75, 3.05) is 45.9 Å². The van der Waals surface area contributed by atoms with Crippen LogP contribution >= 0.6 is 0 Å². The number of ether oxygens (including phenoxy) is 1. The summed E-state index contributed by atoms with van der Waals surface area (Å²) < 4.78 is 35.0. The van der Waals surface area contributed by atoms with Gasteiger partial charge in [0.1, 0.15) is 5.84 Å². The monoisotopic (exact) mass is 351 g/mol. The van der Waals surface area contributed by atoms with Crippen molar-refractivity contribution in [3.63, 3.8) is 0 Å². The normalized spacial score (nSPS) is 20.5. The molecule has 0 amide bonds. The number of amidine groups is 1. The van der Waals surface area contributed by atoms with Gasteiger partial charge in [0.05, 0.1) is 24.7 Å². The van der Waals surface area contributed by atoms with Gasteiger partial charge in [0, 0.05) is 26.2 Å². The highest BCUT2D eigenvalue weighted by molar-refractivity contribution is 7.90. The number of nitrogens with zero attached hydrogens (tertiary/aromatic N) is 3. The van der Waals surface area contributed by atoms with Crippen LogP contribution in [-0.2, 0) is 14.8 Å². The van der Waals surface area contributed by atoms with Crippen LogP contribution in [0.3, 0.4) is 0 Å². The molecule has 0 aliphatic carbocycles. The van der Waals surface area contributed by atoms with Gasteiger partial charge >= 0.3 is 0 Å². The molecule has 0 unspecified atom stereocenters. The van der Waals surface area contributed by atoms with Gasteiger partial charge in [0.2, 0.25) is 0 Å². The highest BCUT2D eigenvalue weighted by Crippen LogP contribution is 2.17. The molecule has 1 aromatic rings. The van der Waals surface area contributed by atoms with Gasteiger partial charge in [-0.1, -0.05) is 17.7 Å². The Labute approximate surface area is 144 Å². The second-order valence-corrected chi connectivity index (χ2v) is 7.98. The van der Waals surface area contributed by atoms with Crippen LogP contribution in [0.25, 0.3) is 0 Å². The van der Waals surface area contributed by atoms with Gasteiger partial charge in [-0.2, -0.15) is 8.42 Å². The van der Waals surface area contributed by atoms with Crippen molar-refractivity contribution in [1.82, 2.24) is 9.80 Å². The van der Waals surface area contributed by atoms with E-state index in [9.17, 15) is 8.42 Å². The van der Waals surface area contributed by atoms with Crippen LogP contribution in [-0.4, -0.2) is 70.0 Å². The molecule has 2 aliphatic heterocycles. The van der Waals surface area contributed by atoms with Gasteiger partial charge in [-0.25, -0.2) is 0 Å². The average molecular weight is 351 g/mol. The lowest BCUT2D eigenvalue weighted by Gasteiger charge is -2.30. The summed E-state index contributed by atoms with van der Waals surface area (Å²) in [5.74, 6) is 0.662. The van der Waals surface area contributed by atoms with Crippen LogP contribution < -0.4 is 0 Å². The first-order valence-corrected chi connectivity index (χ1v) is 9.94. The molecule has 2 saturated heterocycles. The summed E-state index contributed by atoms with van der Waals surface area (Å²) >= 11 is 0. The summed E-state index contributed by atoms with van der Waals surface area (Å²) in [6.45, 7) is 7.28. The van der Waals surface area contributed by atoms with Gasteiger partial charge in [0.15, 0.2) is 0 Å². The number of aryl methyl sites for hydroxylation is 1. The molecule has 0 spiro atoms. The van der Waals surface area contributed by atoms with E-state index in [1.165, 1.54) is 0 Å². The number of morpholine rings is 1. The van der Waals surface area contributed by atoms with E-state index in [1.54, 1.807) is 24.3 Å². The first kappa shape index (κ1) is 17.4. The molecule has 1 aromatic carbocycles. The van der Waals surface area contributed by atoms with E-state index in [0.717, 1.165) is 44.6 Å². The Bertz CT molecular complexity index is 674. The fourth-order valence-corrected chi connectivity index (χ4v) is 4.06. The summed E-state index contributed by atoms with van der Waals surface area (Å²) in [5, 5.41) is 0. The van der Waals surface area contributed by atoms with Crippen molar-refractivity contribution in [1.29, 1.82) is 0 Å². The van der Waals surface area contributed by atoms with E-state index in [4.69, 9.17) is 4.74 Å². The predicted molar refractivity (Wildman–Crippen MR) is 93.9 cm³/mol. The zero-order valence-electron chi connectivity index (χ0n) is 14.1. The lowest BCUT2D eigenvalue weighted by Crippen LogP contribution is -2.44. The van der Waals surface area contributed by atoms with Crippen LogP contribution in [0, 0.1) is 6.92 Å². The number of hydrogen-bond donors (Lipinski definition) is 0.